The molecular formula is C28H29N5O4. The van der Waals surface area contributed by atoms with Crippen molar-refractivity contribution in [3.63, 3.8) is 0 Å². The second-order valence-corrected chi connectivity index (χ2v) is 9.06. The number of methoxy groups -OCH3 is 1. The molecule has 190 valence electrons. The summed E-state index contributed by atoms with van der Waals surface area (Å²) in [6.45, 7) is 3.88. The number of carbonyl (C=O) groups is 2. The Balaban J connectivity index is 1.57. The van der Waals surface area contributed by atoms with E-state index in [0.29, 0.717) is 39.8 Å². The molecule has 9 heteroatoms. The van der Waals surface area contributed by atoms with Gasteiger partial charge in [0.05, 0.1) is 42.8 Å². The quantitative estimate of drug-likeness (QED) is 0.339. The SMILES string of the molecule is CCOC(=O)CC(NC(=O)c1cc(C2CC2)nc2c1c(C)nn2-c1ccccn1)c1cccc(OC)c1. The van der Waals surface area contributed by atoms with Crippen LogP contribution in [0.1, 0.15) is 65.5 Å². The van der Waals surface area contributed by atoms with Crippen molar-refractivity contribution in [1.82, 2.24) is 25.1 Å². The number of amides is 1. The lowest BCUT2D eigenvalue weighted by Crippen LogP contribution is -2.31. The van der Waals surface area contributed by atoms with Crippen LogP contribution >= 0.6 is 0 Å². The molecule has 1 aliphatic rings. The van der Waals surface area contributed by atoms with Crippen LogP contribution in [0.3, 0.4) is 0 Å². The lowest BCUT2D eigenvalue weighted by atomic mass is 10.0. The van der Waals surface area contributed by atoms with Gasteiger partial charge in [-0.1, -0.05) is 18.2 Å². The molecule has 0 bridgehead atoms. The Morgan fingerprint density at radius 3 is 2.70 bits per heavy atom. The average Bonchev–Trinajstić information content (AvgIpc) is 3.72. The number of aromatic nitrogens is 4. The highest BCUT2D eigenvalue weighted by atomic mass is 16.5. The van der Waals surface area contributed by atoms with Gasteiger partial charge in [-0.2, -0.15) is 9.78 Å². The number of carbonyl (C=O) groups excluding carboxylic acids is 2. The van der Waals surface area contributed by atoms with Gasteiger partial charge < -0.3 is 14.8 Å². The largest absolute Gasteiger partial charge is 0.497 e. The molecule has 0 spiro atoms. The first kappa shape index (κ1) is 24.4. The van der Waals surface area contributed by atoms with E-state index >= 15 is 0 Å². The van der Waals surface area contributed by atoms with E-state index in [-0.39, 0.29) is 18.9 Å². The minimum atomic E-state index is -0.611. The molecule has 1 atom stereocenters. The molecule has 0 aliphatic heterocycles. The molecule has 0 radical (unpaired) electrons. The molecule has 5 rings (SSSR count). The minimum absolute atomic E-state index is 0.0113. The average molecular weight is 500 g/mol. The number of ether oxygens (including phenoxy) is 2. The molecular weight excluding hydrogens is 470 g/mol. The number of fused-ring (bicyclic) bond motifs is 1. The van der Waals surface area contributed by atoms with E-state index in [1.54, 1.807) is 24.9 Å². The van der Waals surface area contributed by atoms with Gasteiger partial charge in [0.2, 0.25) is 0 Å². The molecule has 1 aliphatic carbocycles. The Kier molecular flexibility index (Phi) is 6.85. The van der Waals surface area contributed by atoms with Gasteiger partial charge in [0, 0.05) is 17.8 Å². The maximum atomic E-state index is 13.9. The molecule has 4 aromatic rings. The number of rotatable bonds is 9. The van der Waals surface area contributed by atoms with E-state index < -0.39 is 12.0 Å². The van der Waals surface area contributed by atoms with Crippen LogP contribution in [0.15, 0.2) is 54.7 Å². The van der Waals surface area contributed by atoms with Crippen molar-refractivity contribution < 1.29 is 19.1 Å². The van der Waals surface area contributed by atoms with Gasteiger partial charge in [-0.15, -0.1) is 0 Å². The molecule has 1 aromatic carbocycles. The van der Waals surface area contributed by atoms with Gasteiger partial charge in [0.15, 0.2) is 11.5 Å². The molecule has 1 saturated carbocycles. The summed E-state index contributed by atoms with van der Waals surface area (Å²) in [6.07, 6.45) is 3.75. The van der Waals surface area contributed by atoms with Crippen molar-refractivity contribution in [2.45, 2.75) is 45.1 Å². The third kappa shape index (κ3) is 5.16. The fourth-order valence-electron chi connectivity index (χ4n) is 4.45. The van der Waals surface area contributed by atoms with Crippen LogP contribution in [0.4, 0.5) is 0 Å². The maximum absolute atomic E-state index is 13.9. The van der Waals surface area contributed by atoms with Crippen molar-refractivity contribution in [1.29, 1.82) is 0 Å². The molecule has 1 unspecified atom stereocenters. The fraction of sp³-hybridized carbons (Fsp3) is 0.321. The molecule has 1 amide bonds. The summed E-state index contributed by atoms with van der Waals surface area (Å²) in [4.78, 5) is 35.6. The Bertz CT molecular complexity index is 1450. The van der Waals surface area contributed by atoms with Crippen LogP contribution in [0.2, 0.25) is 0 Å². The van der Waals surface area contributed by atoms with E-state index in [9.17, 15) is 9.59 Å². The third-order valence-electron chi connectivity index (χ3n) is 6.42. The second-order valence-electron chi connectivity index (χ2n) is 9.06. The normalized spacial score (nSPS) is 13.8. The van der Waals surface area contributed by atoms with Crippen molar-refractivity contribution in [3.05, 3.63) is 77.2 Å². The van der Waals surface area contributed by atoms with Gasteiger partial charge in [-0.25, -0.2) is 9.97 Å². The van der Waals surface area contributed by atoms with E-state index in [0.717, 1.165) is 24.1 Å². The zero-order chi connectivity index (χ0) is 25.9. The number of hydrogen-bond donors (Lipinski definition) is 1. The van der Waals surface area contributed by atoms with E-state index in [2.05, 4.69) is 15.4 Å². The van der Waals surface area contributed by atoms with Crippen molar-refractivity contribution in [3.8, 4) is 11.6 Å². The molecule has 1 N–H and O–H groups in total. The number of nitrogens with one attached hydrogen (secondary N) is 1. The summed E-state index contributed by atoms with van der Waals surface area (Å²) >= 11 is 0. The number of hydrogen-bond acceptors (Lipinski definition) is 7. The van der Waals surface area contributed by atoms with Gasteiger partial charge in [0.25, 0.3) is 5.91 Å². The fourth-order valence-corrected chi connectivity index (χ4v) is 4.45. The number of benzene rings is 1. The Morgan fingerprint density at radius 2 is 2.00 bits per heavy atom. The highest BCUT2D eigenvalue weighted by Crippen LogP contribution is 2.40. The summed E-state index contributed by atoms with van der Waals surface area (Å²) in [5, 5.41) is 8.41. The highest BCUT2D eigenvalue weighted by Gasteiger charge is 2.30. The first-order valence-electron chi connectivity index (χ1n) is 12.4. The highest BCUT2D eigenvalue weighted by molar-refractivity contribution is 6.07. The first-order chi connectivity index (χ1) is 18.0. The smallest absolute Gasteiger partial charge is 0.308 e. The van der Waals surface area contributed by atoms with Gasteiger partial charge in [-0.05, 0) is 62.6 Å². The van der Waals surface area contributed by atoms with Gasteiger partial charge in [-0.3, -0.25) is 9.59 Å². The van der Waals surface area contributed by atoms with Gasteiger partial charge >= 0.3 is 5.97 Å². The molecule has 9 nitrogen and oxygen atoms in total. The minimum Gasteiger partial charge on any atom is -0.497 e. The van der Waals surface area contributed by atoms with Crippen LogP contribution in [0, 0.1) is 6.92 Å². The van der Waals surface area contributed by atoms with Crippen LogP contribution < -0.4 is 10.1 Å². The molecule has 3 heterocycles. The molecule has 0 saturated heterocycles. The predicted octanol–water partition coefficient (Wildman–Crippen LogP) is 4.43. The molecule has 3 aromatic heterocycles. The monoisotopic (exact) mass is 499 g/mol. The summed E-state index contributed by atoms with van der Waals surface area (Å²) in [6, 6.07) is 14.1. The molecule has 1 fully saturated rings. The Hall–Kier alpha value is -4.27. The van der Waals surface area contributed by atoms with Crippen LogP contribution in [-0.2, 0) is 9.53 Å². The van der Waals surface area contributed by atoms with Crippen molar-refractivity contribution >= 4 is 22.9 Å². The number of pyridine rings is 2. The second kappa shape index (κ2) is 10.4. The first-order valence-corrected chi connectivity index (χ1v) is 12.4. The number of nitrogens with zero attached hydrogens (tertiary/aromatic N) is 4. The van der Waals surface area contributed by atoms with Crippen molar-refractivity contribution in [2.24, 2.45) is 0 Å². The van der Waals surface area contributed by atoms with Crippen LogP contribution in [0.25, 0.3) is 16.9 Å². The summed E-state index contributed by atoms with van der Waals surface area (Å²) in [5.74, 6) is 0.875. The van der Waals surface area contributed by atoms with Crippen molar-refractivity contribution in [2.75, 3.05) is 13.7 Å². The predicted molar refractivity (Wildman–Crippen MR) is 138 cm³/mol. The third-order valence-corrected chi connectivity index (χ3v) is 6.42. The van der Waals surface area contributed by atoms with Crippen LogP contribution in [-0.4, -0.2) is 45.3 Å². The number of aryl methyl sites for hydroxylation is 1. The zero-order valence-corrected chi connectivity index (χ0v) is 21.1. The standard InChI is InChI=1S/C28H29N5O4/c1-4-37-25(34)16-23(19-8-7-9-20(14-19)36-3)31-28(35)21-15-22(18-11-12-18)30-27-26(21)17(2)32-33(27)24-10-5-6-13-29-24/h5-10,13-15,18,23H,4,11-12,16H2,1-3H3,(H,31,35). The summed E-state index contributed by atoms with van der Waals surface area (Å²) in [7, 11) is 1.58. The van der Waals surface area contributed by atoms with E-state index in [4.69, 9.17) is 14.5 Å². The Morgan fingerprint density at radius 1 is 1.16 bits per heavy atom. The molecule has 37 heavy (non-hydrogen) atoms. The maximum Gasteiger partial charge on any atom is 0.308 e. The Labute approximate surface area is 214 Å². The topological polar surface area (TPSA) is 108 Å². The summed E-state index contributed by atoms with van der Waals surface area (Å²) < 4.78 is 12.2. The van der Waals surface area contributed by atoms with Gasteiger partial charge in [0.1, 0.15) is 5.75 Å². The number of esters is 1. The lowest BCUT2D eigenvalue weighted by Gasteiger charge is -2.20. The zero-order valence-electron chi connectivity index (χ0n) is 21.1. The van der Waals surface area contributed by atoms with E-state index in [1.807, 2.05) is 55.5 Å². The van der Waals surface area contributed by atoms with E-state index in [1.165, 1.54) is 0 Å². The lowest BCUT2D eigenvalue weighted by molar-refractivity contribution is -0.143. The van der Waals surface area contributed by atoms with Crippen LogP contribution in [0.5, 0.6) is 5.75 Å². The summed E-state index contributed by atoms with van der Waals surface area (Å²) in [5.41, 5.74) is 3.34.